The van der Waals surface area contributed by atoms with Gasteiger partial charge in [0.25, 0.3) is 10.0 Å². The van der Waals surface area contributed by atoms with Gasteiger partial charge in [-0.25, -0.2) is 13.6 Å². The van der Waals surface area contributed by atoms with E-state index in [1.54, 1.807) is 0 Å². The summed E-state index contributed by atoms with van der Waals surface area (Å²) in [7, 11) is -3.80. The van der Waals surface area contributed by atoms with Crippen molar-refractivity contribution in [1.82, 2.24) is 10.6 Å². The van der Waals surface area contributed by atoms with E-state index in [9.17, 15) is 13.2 Å². The Hall–Kier alpha value is -1.38. The average molecular weight is 273 g/mol. The molecule has 1 aliphatic carbocycles. The van der Waals surface area contributed by atoms with E-state index >= 15 is 0 Å². The summed E-state index contributed by atoms with van der Waals surface area (Å²) in [6.45, 7) is 0.440. The fourth-order valence-corrected chi connectivity index (χ4v) is 1.89. The topological polar surface area (TPSA) is 114 Å². The first kappa shape index (κ1) is 13.1. The number of amides is 1. The van der Waals surface area contributed by atoms with Crippen LogP contribution in [0.3, 0.4) is 0 Å². The van der Waals surface area contributed by atoms with Crippen molar-refractivity contribution in [2.24, 2.45) is 5.14 Å². The Bertz CT molecular complexity index is 533. The fourth-order valence-electron chi connectivity index (χ4n) is 1.41. The van der Waals surface area contributed by atoms with Crippen LogP contribution in [0.5, 0.6) is 0 Å². The summed E-state index contributed by atoms with van der Waals surface area (Å²) in [5.74, 6) is 0.342. The fraction of sp³-hybridized carbons (Fsp3) is 0.500. The van der Waals surface area contributed by atoms with Gasteiger partial charge in [-0.05, 0) is 25.0 Å². The van der Waals surface area contributed by atoms with Crippen LogP contribution in [0.25, 0.3) is 0 Å². The van der Waals surface area contributed by atoms with Gasteiger partial charge in [0.1, 0.15) is 5.76 Å². The average Bonchev–Trinajstić information content (AvgIpc) is 2.93. The highest BCUT2D eigenvalue weighted by atomic mass is 32.2. The lowest BCUT2D eigenvalue weighted by Crippen LogP contribution is -2.34. The van der Waals surface area contributed by atoms with Gasteiger partial charge >= 0.3 is 0 Å². The molecule has 0 saturated heterocycles. The molecule has 0 aromatic carbocycles. The summed E-state index contributed by atoms with van der Waals surface area (Å²) in [4.78, 5) is 11.3. The number of sulfonamides is 1. The number of hydrogen-bond acceptors (Lipinski definition) is 5. The van der Waals surface area contributed by atoms with Gasteiger partial charge in [0.2, 0.25) is 11.0 Å². The molecule has 4 N–H and O–H groups in total. The van der Waals surface area contributed by atoms with Crippen molar-refractivity contribution < 1.29 is 17.6 Å². The molecule has 1 aromatic rings. The standard InChI is InChI=1S/C10H15N3O4S/c11-18(15,16)10-4-3-8(17-10)5-12-6-9(14)13-7-1-2-7/h3-4,7,12H,1-2,5-6H2,(H,13,14)(H2,11,15,16). The number of nitrogens with two attached hydrogens (primary N) is 1. The van der Waals surface area contributed by atoms with E-state index in [2.05, 4.69) is 10.6 Å². The number of nitrogens with one attached hydrogen (secondary N) is 2. The van der Waals surface area contributed by atoms with Crippen LogP contribution in [0.4, 0.5) is 0 Å². The van der Waals surface area contributed by atoms with Gasteiger partial charge in [-0.15, -0.1) is 0 Å². The second-order valence-corrected chi connectivity index (χ2v) is 5.70. The van der Waals surface area contributed by atoms with E-state index in [0.717, 1.165) is 12.8 Å². The molecule has 18 heavy (non-hydrogen) atoms. The van der Waals surface area contributed by atoms with Crippen LogP contribution in [0.2, 0.25) is 0 Å². The predicted octanol–water partition coefficient (Wildman–Crippen LogP) is -0.705. The molecule has 1 aliphatic rings. The molecule has 0 radical (unpaired) electrons. The molecule has 0 atom stereocenters. The quantitative estimate of drug-likeness (QED) is 0.633. The van der Waals surface area contributed by atoms with Crippen molar-refractivity contribution in [3.8, 4) is 0 Å². The lowest BCUT2D eigenvalue weighted by molar-refractivity contribution is -0.120. The van der Waals surface area contributed by atoms with Gasteiger partial charge in [-0.2, -0.15) is 0 Å². The third-order valence-electron chi connectivity index (χ3n) is 2.44. The van der Waals surface area contributed by atoms with Crippen LogP contribution < -0.4 is 15.8 Å². The van der Waals surface area contributed by atoms with Gasteiger partial charge < -0.3 is 15.1 Å². The molecular weight excluding hydrogens is 258 g/mol. The van der Waals surface area contributed by atoms with Crippen LogP contribution in [0, 0.1) is 0 Å². The molecule has 1 heterocycles. The van der Waals surface area contributed by atoms with E-state index in [0.29, 0.717) is 11.8 Å². The second kappa shape index (κ2) is 5.09. The smallest absolute Gasteiger partial charge is 0.271 e. The first-order valence-electron chi connectivity index (χ1n) is 5.57. The molecule has 0 spiro atoms. The van der Waals surface area contributed by atoms with E-state index in [-0.39, 0.29) is 24.1 Å². The number of primary sulfonamides is 1. The molecule has 0 bridgehead atoms. The molecular formula is C10H15N3O4S. The molecule has 1 aromatic heterocycles. The Labute approximate surface area is 105 Å². The van der Waals surface area contributed by atoms with Crippen molar-refractivity contribution in [2.45, 2.75) is 30.5 Å². The van der Waals surface area contributed by atoms with Crippen LogP contribution in [-0.4, -0.2) is 26.9 Å². The highest BCUT2D eigenvalue weighted by Gasteiger charge is 2.22. The molecule has 1 fully saturated rings. The Balaban J connectivity index is 1.76. The minimum Gasteiger partial charge on any atom is -0.447 e. The summed E-state index contributed by atoms with van der Waals surface area (Å²) in [5, 5.41) is 10.3. The SMILES string of the molecule is NS(=O)(=O)c1ccc(CNCC(=O)NC2CC2)o1. The lowest BCUT2D eigenvalue weighted by atomic mass is 10.4. The third kappa shape index (κ3) is 3.83. The number of rotatable bonds is 6. The van der Waals surface area contributed by atoms with Crippen LogP contribution >= 0.6 is 0 Å². The Morgan fingerprint density at radius 3 is 2.72 bits per heavy atom. The molecule has 0 unspecified atom stereocenters. The number of carbonyl (C=O) groups excluding carboxylic acids is 1. The minimum absolute atomic E-state index is 0.0734. The van der Waals surface area contributed by atoms with Gasteiger partial charge in [0.15, 0.2) is 0 Å². The highest BCUT2D eigenvalue weighted by molar-refractivity contribution is 7.89. The normalized spacial score (nSPS) is 15.6. The van der Waals surface area contributed by atoms with Crippen molar-refractivity contribution >= 4 is 15.9 Å². The van der Waals surface area contributed by atoms with Gasteiger partial charge in [-0.1, -0.05) is 0 Å². The first-order chi connectivity index (χ1) is 8.45. The predicted molar refractivity (Wildman–Crippen MR) is 63.0 cm³/mol. The number of furan rings is 1. The van der Waals surface area contributed by atoms with Crippen LogP contribution in [0.15, 0.2) is 21.6 Å². The Morgan fingerprint density at radius 2 is 2.17 bits per heavy atom. The zero-order valence-corrected chi connectivity index (χ0v) is 10.5. The zero-order chi connectivity index (χ0) is 13.2. The van der Waals surface area contributed by atoms with Crippen LogP contribution in [-0.2, 0) is 21.4 Å². The van der Waals surface area contributed by atoms with E-state index in [1.807, 2.05) is 0 Å². The second-order valence-electron chi connectivity index (χ2n) is 4.21. The maximum Gasteiger partial charge on any atom is 0.271 e. The van der Waals surface area contributed by atoms with E-state index < -0.39 is 10.0 Å². The first-order valence-corrected chi connectivity index (χ1v) is 7.11. The number of carbonyl (C=O) groups is 1. The summed E-state index contributed by atoms with van der Waals surface area (Å²) in [6.07, 6.45) is 2.09. The maximum absolute atomic E-state index is 11.3. The molecule has 7 nitrogen and oxygen atoms in total. The minimum atomic E-state index is -3.80. The summed E-state index contributed by atoms with van der Waals surface area (Å²) < 4.78 is 26.9. The highest BCUT2D eigenvalue weighted by Crippen LogP contribution is 2.18. The maximum atomic E-state index is 11.3. The third-order valence-corrected chi connectivity index (χ3v) is 3.22. The molecule has 2 rings (SSSR count). The zero-order valence-electron chi connectivity index (χ0n) is 9.68. The van der Waals surface area contributed by atoms with Gasteiger partial charge in [0, 0.05) is 6.04 Å². The number of hydrogen-bond donors (Lipinski definition) is 3. The molecule has 8 heteroatoms. The Kier molecular flexibility index (Phi) is 3.69. The van der Waals surface area contributed by atoms with Crippen molar-refractivity contribution in [3.63, 3.8) is 0 Å². The summed E-state index contributed by atoms with van der Waals surface area (Å²) in [6, 6.07) is 3.12. The van der Waals surface area contributed by atoms with Crippen molar-refractivity contribution in [3.05, 3.63) is 17.9 Å². The monoisotopic (exact) mass is 273 g/mol. The van der Waals surface area contributed by atoms with Gasteiger partial charge in [0.05, 0.1) is 13.1 Å². The molecule has 1 amide bonds. The van der Waals surface area contributed by atoms with E-state index in [1.165, 1.54) is 12.1 Å². The molecule has 100 valence electrons. The van der Waals surface area contributed by atoms with Crippen molar-refractivity contribution in [1.29, 1.82) is 0 Å². The van der Waals surface area contributed by atoms with E-state index in [4.69, 9.17) is 9.56 Å². The largest absolute Gasteiger partial charge is 0.447 e. The lowest BCUT2D eigenvalue weighted by Gasteiger charge is -2.03. The summed E-state index contributed by atoms with van der Waals surface area (Å²) in [5.41, 5.74) is 0. The molecule has 1 saturated carbocycles. The van der Waals surface area contributed by atoms with Crippen molar-refractivity contribution in [2.75, 3.05) is 6.54 Å². The summed E-state index contributed by atoms with van der Waals surface area (Å²) >= 11 is 0. The molecule has 0 aliphatic heterocycles. The van der Waals surface area contributed by atoms with Gasteiger partial charge in [-0.3, -0.25) is 4.79 Å². The Morgan fingerprint density at radius 1 is 1.44 bits per heavy atom. The van der Waals surface area contributed by atoms with Crippen LogP contribution in [0.1, 0.15) is 18.6 Å².